The van der Waals surface area contributed by atoms with Crippen LogP contribution in [0.1, 0.15) is 12.0 Å². The monoisotopic (exact) mass is 425 g/mol. The second-order valence-corrected chi connectivity index (χ2v) is 8.00. The molecule has 1 aliphatic rings. The number of hydrogen-bond donors (Lipinski definition) is 1. The topological polar surface area (TPSA) is 87.2 Å². The quantitative estimate of drug-likeness (QED) is 0.502. The number of ether oxygens (including phenoxy) is 1. The summed E-state index contributed by atoms with van der Waals surface area (Å²) in [4.78, 5) is 11.2. The highest BCUT2D eigenvalue weighted by Gasteiger charge is 2.21. The van der Waals surface area contributed by atoms with Crippen molar-refractivity contribution in [3.63, 3.8) is 0 Å². The minimum Gasteiger partial charge on any atom is -0.494 e. The van der Waals surface area contributed by atoms with Gasteiger partial charge in [0.15, 0.2) is 11.3 Å². The Hall–Kier alpha value is -3.89. The van der Waals surface area contributed by atoms with E-state index in [0.717, 1.165) is 41.8 Å². The molecule has 0 bridgehead atoms. The number of aromatic nitrogens is 2. The molecule has 7 nitrogen and oxygen atoms in total. The largest absolute Gasteiger partial charge is 0.494 e. The van der Waals surface area contributed by atoms with Gasteiger partial charge in [-0.2, -0.15) is 5.26 Å². The third-order valence-corrected chi connectivity index (χ3v) is 5.84. The highest BCUT2D eigenvalue weighted by atomic mass is 16.5. The number of furan rings is 1. The van der Waals surface area contributed by atoms with Gasteiger partial charge in [0.2, 0.25) is 0 Å². The number of benzene rings is 1. The molecular formula is C25H23N5O2. The van der Waals surface area contributed by atoms with Crippen LogP contribution in [0.4, 0.5) is 5.69 Å². The molecule has 0 amide bonds. The Balaban J connectivity index is 1.53. The summed E-state index contributed by atoms with van der Waals surface area (Å²) in [6.45, 7) is 2.04. The number of rotatable bonds is 5. The van der Waals surface area contributed by atoms with E-state index in [1.807, 2.05) is 42.5 Å². The average molecular weight is 425 g/mol. The van der Waals surface area contributed by atoms with Crippen LogP contribution >= 0.6 is 0 Å². The van der Waals surface area contributed by atoms with E-state index in [-0.39, 0.29) is 0 Å². The number of pyridine rings is 2. The Morgan fingerprint density at radius 3 is 2.88 bits per heavy atom. The lowest BCUT2D eigenvalue weighted by Gasteiger charge is -2.16. The van der Waals surface area contributed by atoms with Crippen molar-refractivity contribution in [2.75, 3.05) is 32.6 Å². The van der Waals surface area contributed by atoms with Gasteiger partial charge < -0.3 is 19.4 Å². The molecule has 7 heteroatoms. The highest BCUT2D eigenvalue weighted by molar-refractivity contribution is 5.93. The standard InChI is InChI=1S/C25H23N5O2/c1-30-11-8-18(15-30)29-20-6-5-16(12-17(20)14-26)19-7-10-27-21-13-23(32-25(19)21)24-22(31-2)4-3-9-28-24/h3-7,9-10,12-13,18,29H,8,11,15H2,1-2H3. The normalized spacial score (nSPS) is 16.2. The number of nitriles is 1. The van der Waals surface area contributed by atoms with Crippen molar-refractivity contribution >= 4 is 16.8 Å². The van der Waals surface area contributed by atoms with Gasteiger partial charge in [0.05, 0.1) is 18.4 Å². The van der Waals surface area contributed by atoms with Crippen LogP contribution < -0.4 is 10.1 Å². The van der Waals surface area contributed by atoms with Gasteiger partial charge in [-0.05, 0) is 55.9 Å². The third kappa shape index (κ3) is 3.66. The number of fused-ring (bicyclic) bond motifs is 1. The predicted molar refractivity (Wildman–Crippen MR) is 123 cm³/mol. The molecule has 4 aromatic rings. The van der Waals surface area contributed by atoms with Crippen molar-refractivity contribution in [2.24, 2.45) is 0 Å². The Kier molecular flexibility index (Phi) is 5.21. The molecule has 1 saturated heterocycles. The SMILES string of the molecule is COc1cccnc1-c1cc2nccc(-c3ccc(NC4CCN(C)C4)c(C#N)c3)c2o1. The number of hydrogen-bond acceptors (Lipinski definition) is 7. The fourth-order valence-electron chi connectivity index (χ4n) is 4.23. The first-order valence-corrected chi connectivity index (χ1v) is 10.5. The molecule has 1 unspecified atom stereocenters. The van der Waals surface area contributed by atoms with Crippen LogP contribution in [0.3, 0.4) is 0 Å². The summed E-state index contributed by atoms with van der Waals surface area (Å²) in [6, 6.07) is 16.0. The fraction of sp³-hybridized carbons (Fsp3) is 0.240. The van der Waals surface area contributed by atoms with Gasteiger partial charge in [-0.25, -0.2) is 4.98 Å². The summed E-state index contributed by atoms with van der Waals surface area (Å²) in [5, 5.41) is 13.3. The van der Waals surface area contributed by atoms with Gasteiger partial charge in [-0.1, -0.05) is 6.07 Å². The van der Waals surface area contributed by atoms with Crippen molar-refractivity contribution < 1.29 is 9.15 Å². The van der Waals surface area contributed by atoms with Crippen LogP contribution in [0.15, 0.2) is 59.3 Å². The number of anilines is 1. The van der Waals surface area contributed by atoms with E-state index < -0.39 is 0 Å². The van der Waals surface area contributed by atoms with Crippen LogP contribution in [0.25, 0.3) is 33.7 Å². The first kappa shape index (κ1) is 20.0. The van der Waals surface area contributed by atoms with Crippen LogP contribution in [0.2, 0.25) is 0 Å². The average Bonchev–Trinajstić information content (AvgIpc) is 3.45. The molecule has 1 N–H and O–H groups in total. The maximum absolute atomic E-state index is 9.78. The summed E-state index contributed by atoms with van der Waals surface area (Å²) < 4.78 is 11.6. The van der Waals surface area contributed by atoms with Crippen LogP contribution in [-0.4, -0.2) is 48.2 Å². The Morgan fingerprint density at radius 2 is 2.09 bits per heavy atom. The summed E-state index contributed by atoms with van der Waals surface area (Å²) >= 11 is 0. The van der Waals surface area contributed by atoms with Gasteiger partial charge >= 0.3 is 0 Å². The first-order valence-electron chi connectivity index (χ1n) is 10.5. The van der Waals surface area contributed by atoms with Gasteiger partial charge in [-0.15, -0.1) is 0 Å². The van der Waals surface area contributed by atoms with Crippen molar-refractivity contribution in [2.45, 2.75) is 12.5 Å². The molecule has 4 heterocycles. The summed E-state index contributed by atoms with van der Waals surface area (Å²) in [6.07, 6.45) is 4.52. The summed E-state index contributed by atoms with van der Waals surface area (Å²) in [5.74, 6) is 1.22. The maximum atomic E-state index is 9.78. The molecule has 1 aliphatic heterocycles. The zero-order valence-electron chi connectivity index (χ0n) is 18.0. The Labute approximate surface area is 186 Å². The highest BCUT2D eigenvalue weighted by Crippen LogP contribution is 2.36. The number of nitrogens with zero attached hydrogens (tertiary/aromatic N) is 4. The molecule has 0 saturated carbocycles. The van der Waals surface area contributed by atoms with E-state index in [4.69, 9.17) is 9.15 Å². The number of likely N-dealkylation sites (N-methyl/N-ethyl adjacent to an activating group) is 1. The van der Waals surface area contributed by atoms with E-state index >= 15 is 0 Å². The lowest BCUT2D eigenvalue weighted by Crippen LogP contribution is -2.23. The molecule has 1 atom stereocenters. The molecule has 1 aromatic carbocycles. The fourth-order valence-corrected chi connectivity index (χ4v) is 4.23. The van der Waals surface area contributed by atoms with E-state index in [9.17, 15) is 5.26 Å². The zero-order chi connectivity index (χ0) is 22.1. The second-order valence-electron chi connectivity index (χ2n) is 8.00. The van der Waals surface area contributed by atoms with Crippen LogP contribution in [0.5, 0.6) is 5.75 Å². The van der Waals surface area contributed by atoms with Crippen molar-refractivity contribution in [3.05, 3.63) is 60.4 Å². The van der Waals surface area contributed by atoms with Gasteiger partial charge in [0.25, 0.3) is 0 Å². The van der Waals surface area contributed by atoms with E-state index in [2.05, 4.69) is 33.3 Å². The molecular weight excluding hydrogens is 402 g/mol. The molecule has 3 aromatic heterocycles. The van der Waals surface area contributed by atoms with E-state index in [0.29, 0.717) is 34.4 Å². The van der Waals surface area contributed by atoms with Crippen molar-refractivity contribution in [1.29, 1.82) is 5.26 Å². The summed E-state index contributed by atoms with van der Waals surface area (Å²) in [5.41, 5.74) is 5.24. The molecule has 0 aliphatic carbocycles. The minimum atomic E-state index is 0.353. The van der Waals surface area contributed by atoms with Crippen LogP contribution in [-0.2, 0) is 0 Å². The van der Waals surface area contributed by atoms with E-state index in [1.165, 1.54) is 0 Å². The third-order valence-electron chi connectivity index (χ3n) is 5.84. The van der Waals surface area contributed by atoms with Gasteiger partial charge in [-0.3, -0.25) is 4.98 Å². The van der Waals surface area contributed by atoms with Gasteiger partial charge in [0, 0.05) is 36.6 Å². The summed E-state index contributed by atoms with van der Waals surface area (Å²) in [7, 11) is 3.72. The Morgan fingerprint density at radius 1 is 1.19 bits per heavy atom. The first-order chi connectivity index (χ1) is 15.7. The van der Waals surface area contributed by atoms with Crippen molar-refractivity contribution in [3.8, 4) is 34.4 Å². The molecule has 1 fully saturated rings. The van der Waals surface area contributed by atoms with Crippen molar-refractivity contribution in [1.82, 2.24) is 14.9 Å². The molecule has 0 spiro atoms. The lowest BCUT2D eigenvalue weighted by atomic mass is 10.0. The molecule has 32 heavy (non-hydrogen) atoms. The minimum absolute atomic E-state index is 0.353. The smallest absolute Gasteiger partial charge is 0.161 e. The lowest BCUT2D eigenvalue weighted by molar-refractivity contribution is 0.413. The molecule has 160 valence electrons. The number of likely N-dealkylation sites (tertiary alicyclic amines) is 1. The predicted octanol–water partition coefficient (Wildman–Crippen LogP) is 4.55. The van der Waals surface area contributed by atoms with Crippen LogP contribution in [0, 0.1) is 11.3 Å². The zero-order valence-corrected chi connectivity index (χ0v) is 18.0. The van der Waals surface area contributed by atoms with E-state index in [1.54, 1.807) is 19.5 Å². The molecule has 5 rings (SSSR count). The van der Waals surface area contributed by atoms with Gasteiger partial charge in [0.1, 0.15) is 23.0 Å². The Bertz CT molecular complexity index is 1320. The second kappa shape index (κ2) is 8.33. The number of nitrogens with one attached hydrogen (secondary N) is 1. The maximum Gasteiger partial charge on any atom is 0.161 e. The number of methoxy groups -OCH3 is 1. The molecule has 0 radical (unpaired) electrons.